The van der Waals surface area contributed by atoms with Gasteiger partial charge in [0.2, 0.25) is 0 Å². The Balaban J connectivity index is 2.38. The zero-order valence-electron chi connectivity index (χ0n) is 10.9. The lowest BCUT2D eigenvalue weighted by molar-refractivity contribution is 0.628. The van der Waals surface area contributed by atoms with Gasteiger partial charge in [-0.1, -0.05) is 35.8 Å². The van der Waals surface area contributed by atoms with Crippen LogP contribution in [0.3, 0.4) is 0 Å². The summed E-state index contributed by atoms with van der Waals surface area (Å²) in [7, 11) is 0. The first-order chi connectivity index (χ1) is 8.47. The SMILES string of the molecule is Cc1ccc(-n2nc(CC(C)C)cc2N)cc1Br. The van der Waals surface area contributed by atoms with Gasteiger partial charge in [-0.15, -0.1) is 0 Å². The van der Waals surface area contributed by atoms with E-state index < -0.39 is 0 Å². The number of aromatic nitrogens is 2. The predicted octanol–water partition coefficient (Wildman–Crippen LogP) is 3.72. The van der Waals surface area contributed by atoms with Gasteiger partial charge >= 0.3 is 0 Å². The van der Waals surface area contributed by atoms with Crippen LogP contribution in [0.5, 0.6) is 0 Å². The van der Waals surface area contributed by atoms with Crippen LogP contribution in [-0.2, 0) is 6.42 Å². The number of halogens is 1. The predicted molar refractivity (Wildman–Crippen MR) is 79.0 cm³/mol. The summed E-state index contributed by atoms with van der Waals surface area (Å²) in [5.74, 6) is 1.26. The summed E-state index contributed by atoms with van der Waals surface area (Å²) in [6, 6.07) is 8.08. The Bertz CT molecular complexity index is 558. The van der Waals surface area contributed by atoms with Crippen molar-refractivity contribution in [2.45, 2.75) is 27.2 Å². The molecule has 0 saturated heterocycles. The minimum absolute atomic E-state index is 0.581. The fraction of sp³-hybridized carbons (Fsp3) is 0.357. The van der Waals surface area contributed by atoms with Gasteiger partial charge in [0.25, 0.3) is 0 Å². The summed E-state index contributed by atoms with van der Waals surface area (Å²) in [6.45, 7) is 6.42. The third kappa shape index (κ3) is 2.75. The third-order valence-electron chi connectivity index (χ3n) is 2.80. The second kappa shape index (κ2) is 5.14. The van der Waals surface area contributed by atoms with Gasteiger partial charge in [0, 0.05) is 10.5 Å². The zero-order valence-corrected chi connectivity index (χ0v) is 12.5. The van der Waals surface area contributed by atoms with Crippen LogP contribution in [0, 0.1) is 12.8 Å². The van der Waals surface area contributed by atoms with E-state index in [1.165, 1.54) is 5.56 Å². The topological polar surface area (TPSA) is 43.8 Å². The Morgan fingerprint density at radius 2 is 2.06 bits per heavy atom. The van der Waals surface area contributed by atoms with Crippen LogP contribution in [0.15, 0.2) is 28.7 Å². The van der Waals surface area contributed by atoms with Crippen molar-refractivity contribution in [3.05, 3.63) is 40.0 Å². The van der Waals surface area contributed by atoms with Crippen molar-refractivity contribution in [3.63, 3.8) is 0 Å². The molecule has 2 N–H and O–H groups in total. The lowest BCUT2D eigenvalue weighted by atomic mass is 10.1. The first-order valence-electron chi connectivity index (χ1n) is 6.08. The van der Waals surface area contributed by atoms with Gasteiger partial charge in [0.05, 0.1) is 11.4 Å². The summed E-state index contributed by atoms with van der Waals surface area (Å²) >= 11 is 3.53. The average molecular weight is 308 g/mol. The van der Waals surface area contributed by atoms with Crippen LogP contribution < -0.4 is 5.73 Å². The van der Waals surface area contributed by atoms with Crippen LogP contribution in [0.4, 0.5) is 5.82 Å². The number of hydrogen-bond acceptors (Lipinski definition) is 2. The average Bonchev–Trinajstić information content (AvgIpc) is 2.62. The van der Waals surface area contributed by atoms with Crippen molar-refractivity contribution in [1.82, 2.24) is 9.78 Å². The van der Waals surface area contributed by atoms with Crippen molar-refractivity contribution >= 4 is 21.7 Å². The van der Waals surface area contributed by atoms with Gasteiger partial charge in [-0.2, -0.15) is 5.10 Å². The Kier molecular flexibility index (Phi) is 3.76. The molecule has 0 aliphatic heterocycles. The molecule has 2 aromatic rings. The summed E-state index contributed by atoms with van der Waals surface area (Å²) in [6.07, 6.45) is 0.949. The Morgan fingerprint density at radius 1 is 1.33 bits per heavy atom. The smallest absolute Gasteiger partial charge is 0.127 e. The van der Waals surface area contributed by atoms with E-state index in [9.17, 15) is 0 Å². The number of aryl methyl sites for hydroxylation is 1. The maximum atomic E-state index is 6.02. The highest BCUT2D eigenvalue weighted by molar-refractivity contribution is 9.10. The van der Waals surface area contributed by atoms with Crippen molar-refractivity contribution in [3.8, 4) is 5.69 Å². The standard InChI is InChI=1S/C14H18BrN3/c1-9(2)6-11-7-14(16)18(17-11)12-5-4-10(3)13(15)8-12/h4-5,7-9H,6,16H2,1-3H3. The summed E-state index contributed by atoms with van der Waals surface area (Å²) in [4.78, 5) is 0. The van der Waals surface area contributed by atoms with Gasteiger partial charge in [-0.3, -0.25) is 0 Å². The normalized spacial score (nSPS) is 11.2. The molecular weight excluding hydrogens is 290 g/mol. The molecule has 1 aromatic heterocycles. The van der Waals surface area contributed by atoms with Gasteiger partial charge in [-0.25, -0.2) is 4.68 Å². The molecule has 0 atom stereocenters. The molecule has 1 heterocycles. The number of nitrogens with zero attached hydrogens (tertiary/aromatic N) is 2. The van der Waals surface area contributed by atoms with E-state index in [1.54, 1.807) is 4.68 Å². The molecule has 0 amide bonds. The number of nitrogen functional groups attached to an aromatic ring is 1. The Hall–Kier alpha value is -1.29. The van der Waals surface area contributed by atoms with E-state index in [4.69, 9.17) is 5.73 Å². The molecule has 0 aliphatic carbocycles. The van der Waals surface area contributed by atoms with Gasteiger partial charge < -0.3 is 5.73 Å². The minimum Gasteiger partial charge on any atom is -0.384 e. The monoisotopic (exact) mass is 307 g/mol. The molecule has 4 heteroatoms. The quantitative estimate of drug-likeness (QED) is 0.939. The van der Waals surface area contributed by atoms with E-state index in [0.29, 0.717) is 11.7 Å². The third-order valence-corrected chi connectivity index (χ3v) is 3.66. The number of anilines is 1. The molecule has 96 valence electrons. The number of rotatable bonds is 3. The molecule has 3 nitrogen and oxygen atoms in total. The number of nitrogens with two attached hydrogens (primary N) is 1. The molecule has 0 radical (unpaired) electrons. The second-order valence-electron chi connectivity index (χ2n) is 5.00. The van der Waals surface area contributed by atoms with Crippen LogP contribution in [0.2, 0.25) is 0 Å². The van der Waals surface area contributed by atoms with Crippen LogP contribution in [-0.4, -0.2) is 9.78 Å². The van der Waals surface area contributed by atoms with E-state index in [0.717, 1.165) is 22.3 Å². The van der Waals surface area contributed by atoms with Crippen LogP contribution in [0.1, 0.15) is 25.1 Å². The molecule has 1 aromatic carbocycles. The number of hydrogen-bond donors (Lipinski definition) is 1. The van der Waals surface area contributed by atoms with Crippen LogP contribution in [0.25, 0.3) is 5.69 Å². The lowest BCUT2D eigenvalue weighted by Crippen LogP contribution is -2.02. The minimum atomic E-state index is 0.581. The lowest BCUT2D eigenvalue weighted by Gasteiger charge is -2.06. The first kappa shape index (κ1) is 13.1. The first-order valence-corrected chi connectivity index (χ1v) is 6.87. The highest BCUT2D eigenvalue weighted by atomic mass is 79.9. The van der Waals surface area contributed by atoms with E-state index in [2.05, 4.69) is 47.9 Å². The van der Waals surface area contributed by atoms with Gasteiger partial charge in [0.15, 0.2) is 0 Å². The Morgan fingerprint density at radius 3 is 2.67 bits per heavy atom. The molecule has 0 spiro atoms. The van der Waals surface area contributed by atoms with Gasteiger partial charge in [0.1, 0.15) is 5.82 Å². The van der Waals surface area contributed by atoms with E-state index in [1.807, 2.05) is 18.2 Å². The number of benzene rings is 1. The Labute approximate surface area is 116 Å². The maximum Gasteiger partial charge on any atom is 0.127 e. The fourth-order valence-corrected chi connectivity index (χ4v) is 2.25. The largest absolute Gasteiger partial charge is 0.384 e. The second-order valence-corrected chi connectivity index (χ2v) is 5.86. The maximum absolute atomic E-state index is 6.02. The molecule has 0 fully saturated rings. The summed E-state index contributed by atoms with van der Waals surface area (Å²) in [5, 5.41) is 4.56. The molecule has 0 unspecified atom stereocenters. The molecule has 0 aliphatic rings. The van der Waals surface area contributed by atoms with Crippen LogP contribution >= 0.6 is 15.9 Å². The van der Waals surface area contributed by atoms with Gasteiger partial charge in [-0.05, 0) is 37.0 Å². The highest BCUT2D eigenvalue weighted by Gasteiger charge is 2.09. The van der Waals surface area contributed by atoms with Crippen molar-refractivity contribution in [2.24, 2.45) is 5.92 Å². The zero-order chi connectivity index (χ0) is 13.3. The van der Waals surface area contributed by atoms with Crippen molar-refractivity contribution < 1.29 is 0 Å². The van der Waals surface area contributed by atoms with Crippen molar-refractivity contribution in [2.75, 3.05) is 5.73 Å². The summed E-state index contributed by atoms with van der Waals surface area (Å²) in [5.41, 5.74) is 9.25. The van der Waals surface area contributed by atoms with E-state index >= 15 is 0 Å². The molecule has 2 rings (SSSR count). The molecule has 0 saturated carbocycles. The molecule has 18 heavy (non-hydrogen) atoms. The molecular formula is C14H18BrN3. The van der Waals surface area contributed by atoms with E-state index in [-0.39, 0.29) is 0 Å². The highest BCUT2D eigenvalue weighted by Crippen LogP contribution is 2.22. The fourth-order valence-electron chi connectivity index (χ4n) is 1.89. The molecule has 0 bridgehead atoms. The van der Waals surface area contributed by atoms with Crippen molar-refractivity contribution in [1.29, 1.82) is 0 Å². The summed E-state index contributed by atoms with van der Waals surface area (Å²) < 4.78 is 2.86.